The Hall–Kier alpha value is -1.29. The maximum atomic E-state index is 8.58. The molecule has 0 aromatic heterocycles. The minimum absolute atomic E-state index is 0.177. The van der Waals surface area contributed by atoms with Crippen molar-refractivity contribution in [2.45, 2.75) is 12.3 Å². The molecule has 1 aliphatic carbocycles. The van der Waals surface area contributed by atoms with Crippen LogP contribution in [-0.2, 0) is 6.42 Å². The van der Waals surface area contributed by atoms with E-state index in [2.05, 4.69) is 12.1 Å². The predicted molar refractivity (Wildman–Crippen MR) is 38.5 cm³/mol. The van der Waals surface area contributed by atoms with Gasteiger partial charge in [0.15, 0.2) is 0 Å². The number of fused-ring (bicyclic) bond motifs is 1. The fraction of sp³-hybridized carbons (Fsp3) is 0.222. The van der Waals surface area contributed by atoms with E-state index in [-0.39, 0.29) is 5.92 Å². The van der Waals surface area contributed by atoms with E-state index >= 15 is 0 Å². The van der Waals surface area contributed by atoms with Gasteiger partial charge in [0.1, 0.15) is 0 Å². The SMILES string of the molecule is N#C[C@@H]1Cc2ccccc21. The summed E-state index contributed by atoms with van der Waals surface area (Å²) in [6, 6.07) is 10.4. The number of hydrogen-bond donors (Lipinski definition) is 0. The molecule has 1 aromatic rings. The summed E-state index contributed by atoms with van der Waals surface area (Å²) in [5.41, 5.74) is 2.57. The highest BCUT2D eigenvalue weighted by atomic mass is 14.3. The van der Waals surface area contributed by atoms with E-state index in [1.807, 2.05) is 18.2 Å². The molecule has 48 valence electrons. The first-order valence-corrected chi connectivity index (χ1v) is 3.39. The van der Waals surface area contributed by atoms with Crippen molar-refractivity contribution in [3.63, 3.8) is 0 Å². The topological polar surface area (TPSA) is 23.8 Å². The van der Waals surface area contributed by atoms with Gasteiger partial charge < -0.3 is 0 Å². The van der Waals surface area contributed by atoms with Crippen molar-refractivity contribution in [1.82, 2.24) is 0 Å². The third-order valence-electron chi connectivity index (χ3n) is 2.01. The molecule has 0 aliphatic heterocycles. The monoisotopic (exact) mass is 129 g/mol. The van der Waals surface area contributed by atoms with E-state index in [1.54, 1.807) is 0 Å². The second-order valence-corrected chi connectivity index (χ2v) is 2.58. The van der Waals surface area contributed by atoms with Crippen molar-refractivity contribution in [3.8, 4) is 6.07 Å². The third-order valence-corrected chi connectivity index (χ3v) is 2.01. The number of benzene rings is 1. The molecule has 0 heterocycles. The van der Waals surface area contributed by atoms with E-state index < -0.39 is 0 Å². The number of nitrogens with zero attached hydrogens (tertiary/aromatic N) is 1. The molecular formula is C9H7N. The summed E-state index contributed by atoms with van der Waals surface area (Å²) in [6.45, 7) is 0. The van der Waals surface area contributed by atoms with Gasteiger partial charge in [-0.05, 0) is 17.5 Å². The van der Waals surface area contributed by atoms with Gasteiger partial charge in [0, 0.05) is 0 Å². The van der Waals surface area contributed by atoms with Crippen LogP contribution in [0, 0.1) is 11.3 Å². The van der Waals surface area contributed by atoms with E-state index in [9.17, 15) is 0 Å². The van der Waals surface area contributed by atoms with Gasteiger partial charge in [-0.25, -0.2) is 0 Å². The maximum absolute atomic E-state index is 8.58. The zero-order valence-corrected chi connectivity index (χ0v) is 5.54. The Morgan fingerprint density at radius 1 is 1.40 bits per heavy atom. The summed E-state index contributed by atoms with van der Waals surface area (Å²) >= 11 is 0. The molecule has 0 fully saturated rings. The van der Waals surface area contributed by atoms with Crippen molar-refractivity contribution in [1.29, 1.82) is 5.26 Å². The van der Waals surface area contributed by atoms with Gasteiger partial charge in [0.05, 0.1) is 12.0 Å². The van der Waals surface area contributed by atoms with Gasteiger partial charge in [-0.15, -0.1) is 0 Å². The average Bonchev–Trinajstić information content (AvgIpc) is 1.92. The Morgan fingerprint density at radius 3 is 2.90 bits per heavy atom. The highest BCUT2D eigenvalue weighted by molar-refractivity contribution is 5.43. The predicted octanol–water partition coefficient (Wildman–Crippen LogP) is 1.85. The fourth-order valence-electron chi connectivity index (χ4n) is 1.37. The van der Waals surface area contributed by atoms with Gasteiger partial charge >= 0.3 is 0 Å². The van der Waals surface area contributed by atoms with E-state index in [0.717, 1.165) is 6.42 Å². The van der Waals surface area contributed by atoms with E-state index in [0.29, 0.717) is 0 Å². The Balaban J connectivity index is 2.45. The van der Waals surface area contributed by atoms with Gasteiger partial charge in [-0.1, -0.05) is 24.3 Å². The number of nitriles is 1. The molecule has 1 aromatic carbocycles. The maximum Gasteiger partial charge on any atom is 0.0755 e. The second kappa shape index (κ2) is 1.85. The van der Waals surface area contributed by atoms with Crippen LogP contribution in [0.2, 0.25) is 0 Å². The normalized spacial score (nSPS) is 20.5. The minimum Gasteiger partial charge on any atom is -0.198 e. The van der Waals surface area contributed by atoms with Crippen LogP contribution in [0.4, 0.5) is 0 Å². The Morgan fingerprint density at radius 2 is 2.20 bits per heavy atom. The van der Waals surface area contributed by atoms with Crippen LogP contribution in [-0.4, -0.2) is 0 Å². The molecule has 1 nitrogen and oxygen atoms in total. The Kier molecular flexibility index (Phi) is 1.01. The zero-order chi connectivity index (χ0) is 6.97. The van der Waals surface area contributed by atoms with Gasteiger partial charge in [-0.3, -0.25) is 0 Å². The third kappa shape index (κ3) is 0.563. The van der Waals surface area contributed by atoms with Crippen LogP contribution >= 0.6 is 0 Å². The lowest BCUT2D eigenvalue weighted by Gasteiger charge is -2.23. The van der Waals surface area contributed by atoms with Crippen molar-refractivity contribution in [3.05, 3.63) is 35.4 Å². The van der Waals surface area contributed by atoms with Crippen molar-refractivity contribution in [2.75, 3.05) is 0 Å². The lowest BCUT2D eigenvalue weighted by atomic mass is 9.79. The first-order chi connectivity index (χ1) is 4.92. The van der Waals surface area contributed by atoms with Crippen LogP contribution in [0.15, 0.2) is 24.3 Å². The molecule has 0 radical (unpaired) electrons. The lowest BCUT2D eigenvalue weighted by molar-refractivity contribution is 0.745. The van der Waals surface area contributed by atoms with Crippen LogP contribution in [0.1, 0.15) is 17.0 Å². The van der Waals surface area contributed by atoms with E-state index in [1.165, 1.54) is 11.1 Å². The molecule has 0 saturated heterocycles. The summed E-state index contributed by atoms with van der Waals surface area (Å²) in [4.78, 5) is 0. The lowest BCUT2D eigenvalue weighted by Crippen LogP contribution is -2.14. The van der Waals surface area contributed by atoms with E-state index in [4.69, 9.17) is 5.26 Å². The molecular weight excluding hydrogens is 122 g/mol. The molecule has 0 bridgehead atoms. The average molecular weight is 129 g/mol. The molecule has 2 rings (SSSR count). The summed E-state index contributed by atoms with van der Waals surface area (Å²) in [5, 5.41) is 8.58. The van der Waals surface area contributed by atoms with Crippen LogP contribution in [0.5, 0.6) is 0 Å². The standard InChI is InChI=1S/C9H7N/c10-6-8-5-7-3-1-2-4-9(7)8/h1-4,8H,5H2/t8-/m0/s1. The fourth-order valence-corrected chi connectivity index (χ4v) is 1.37. The summed E-state index contributed by atoms with van der Waals surface area (Å²) in [7, 11) is 0. The van der Waals surface area contributed by atoms with Gasteiger partial charge in [0.25, 0.3) is 0 Å². The molecule has 1 heteroatoms. The summed E-state index contributed by atoms with van der Waals surface area (Å²) < 4.78 is 0. The molecule has 1 aliphatic rings. The van der Waals surface area contributed by atoms with Crippen LogP contribution in [0.25, 0.3) is 0 Å². The molecule has 10 heavy (non-hydrogen) atoms. The van der Waals surface area contributed by atoms with Gasteiger partial charge in [0.2, 0.25) is 0 Å². The Labute approximate surface area is 59.9 Å². The van der Waals surface area contributed by atoms with Crippen molar-refractivity contribution < 1.29 is 0 Å². The number of hydrogen-bond acceptors (Lipinski definition) is 1. The first kappa shape index (κ1) is 5.49. The summed E-state index contributed by atoms with van der Waals surface area (Å²) in [5.74, 6) is 0.177. The smallest absolute Gasteiger partial charge is 0.0755 e. The molecule has 0 saturated carbocycles. The van der Waals surface area contributed by atoms with Crippen LogP contribution in [0.3, 0.4) is 0 Å². The molecule has 1 atom stereocenters. The minimum atomic E-state index is 0.177. The highest BCUT2D eigenvalue weighted by Crippen LogP contribution is 2.33. The zero-order valence-electron chi connectivity index (χ0n) is 5.54. The first-order valence-electron chi connectivity index (χ1n) is 3.39. The molecule has 0 spiro atoms. The van der Waals surface area contributed by atoms with Crippen LogP contribution < -0.4 is 0 Å². The highest BCUT2D eigenvalue weighted by Gasteiger charge is 2.24. The summed E-state index contributed by atoms with van der Waals surface area (Å²) in [6.07, 6.45) is 0.951. The van der Waals surface area contributed by atoms with Gasteiger partial charge in [-0.2, -0.15) is 5.26 Å². The second-order valence-electron chi connectivity index (χ2n) is 2.58. The van der Waals surface area contributed by atoms with Crippen molar-refractivity contribution in [2.24, 2.45) is 0 Å². The van der Waals surface area contributed by atoms with Crippen molar-refractivity contribution >= 4 is 0 Å². The molecule has 0 N–H and O–H groups in total. The molecule has 0 unspecified atom stereocenters. The number of rotatable bonds is 0. The molecule has 0 amide bonds. The quantitative estimate of drug-likeness (QED) is 0.524. The largest absolute Gasteiger partial charge is 0.198 e. The Bertz CT molecular complexity index is 296.